The molecule has 15 heavy (non-hydrogen) atoms. The number of carbonyl (C=O) groups excluding carboxylic acids is 1. The average molecular weight is 202 g/mol. The first-order valence-corrected chi connectivity index (χ1v) is 4.51. The largest absolute Gasteiger partial charge is 0.459 e. The summed E-state index contributed by atoms with van der Waals surface area (Å²) in [6.45, 7) is 0. The number of hydrazine groups is 1. The van der Waals surface area contributed by atoms with Gasteiger partial charge in [0.15, 0.2) is 5.76 Å². The van der Waals surface area contributed by atoms with Crippen LogP contribution in [0.1, 0.15) is 10.6 Å². The maximum Gasteiger partial charge on any atom is 0.305 e. The number of hydrogen-bond acceptors (Lipinski definition) is 3. The molecule has 1 aromatic heterocycles. The Morgan fingerprint density at radius 2 is 1.87 bits per heavy atom. The summed E-state index contributed by atoms with van der Waals surface area (Å²) in [5.74, 6) is -0.0257. The number of carbonyl (C=O) groups is 1. The molecule has 0 saturated carbocycles. The molecule has 4 nitrogen and oxygen atoms in total. The first kappa shape index (κ1) is 9.33. The highest BCUT2D eigenvalue weighted by molar-refractivity contribution is 5.92. The molecule has 0 atom stereocenters. The molecule has 0 aliphatic rings. The molecule has 4 heteroatoms. The van der Waals surface area contributed by atoms with E-state index in [9.17, 15) is 4.79 Å². The van der Waals surface area contributed by atoms with Crippen LogP contribution in [0.5, 0.6) is 0 Å². The lowest BCUT2D eigenvalue weighted by atomic mass is 10.3. The highest BCUT2D eigenvalue weighted by atomic mass is 16.3. The monoisotopic (exact) mass is 202 g/mol. The van der Waals surface area contributed by atoms with Crippen LogP contribution in [0.15, 0.2) is 53.1 Å². The van der Waals surface area contributed by atoms with Crippen molar-refractivity contribution in [2.24, 2.45) is 0 Å². The van der Waals surface area contributed by atoms with Crippen LogP contribution < -0.4 is 10.9 Å². The minimum absolute atomic E-state index is 0.276. The molecule has 1 heterocycles. The highest BCUT2D eigenvalue weighted by Crippen LogP contribution is 2.04. The van der Waals surface area contributed by atoms with Crippen LogP contribution in [-0.4, -0.2) is 5.91 Å². The Hall–Kier alpha value is -2.23. The van der Waals surface area contributed by atoms with Crippen molar-refractivity contribution in [3.8, 4) is 0 Å². The van der Waals surface area contributed by atoms with Crippen LogP contribution in [0, 0.1) is 0 Å². The van der Waals surface area contributed by atoms with Gasteiger partial charge in [-0.25, -0.2) is 0 Å². The van der Waals surface area contributed by atoms with E-state index in [4.69, 9.17) is 4.42 Å². The Labute approximate surface area is 86.9 Å². The number of nitrogens with one attached hydrogen (secondary N) is 2. The smallest absolute Gasteiger partial charge is 0.305 e. The maximum absolute atomic E-state index is 11.4. The summed E-state index contributed by atoms with van der Waals surface area (Å²) < 4.78 is 4.93. The van der Waals surface area contributed by atoms with Gasteiger partial charge in [0.2, 0.25) is 0 Å². The fourth-order valence-electron chi connectivity index (χ4n) is 1.12. The molecule has 0 aliphatic heterocycles. The second-order valence-corrected chi connectivity index (χ2v) is 2.92. The van der Waals surface area contributed by atoms with Gasteiger partial charge in [0.05, 0.1) is 12.0 Å². The molecular formula is C11H10N2O2. The van der Waals surface area contributed by atoms with Gasteiger partial charge in [-0.05, 0) is 24.3 Å². The van der Waals surface area contributed by atoms with E-state index in [-0.39, 0.29) is 11.7 Å². The lowest BCUT2D eigenvalue weighted by Gasteiger charge is -2.05. The Kier molecular flexibility index (Phi) is 2.69. The summed E-state index contributed by atoms with van der Waals surface area (Å²) in [5, 5.41) is 0. The molecule has 2 aromatic rings. The van der Waals surface area contributed by atoms with Gasteiger partial charge in [0.25, 0.3) is 0 Å². The number of anilines is 1. The molecule has 0 fully saturated rings. The topological polar surface area (TPSA) is 54.3 Å². The van der Waals surface area contributed by atoms with Crippen LogP contribution in [-0.2, 0) is 0 Å². The van der Waals surface area contributed by atoms with Gasteiger partial charge in [-0.2, -0.15) is 0 Å². The van der Waals surface area contributed by atoms with Crippen LogP contribution in [0.25, 0.3) is 0 Å². The highest BCUT2D eigenvalue weighted by Gasteiger charge is 2.06. The van der Waals surface area contributed by atoms with Gasteiger partial charge >= 0.3 is 5.91 Å². The van der Waals surface area contributed by atoms with Crippen molar-refractivity contribution in [1.29, 1.82) is 0 Å². The third kappa shape index (κ3) is 2.37. The van der Waals surface area contributed by atoms with Crippen molar-refractivity contribution in [1.82, 2.24) is 5.43 Å². The first-order chi connectivity index (χ1) is 7.36. The zero-order chi connectivity index (χ0) is 10.5. The summed E-state index contributed by atoms with van der Waals surface area (Å²) in [5.41, 5.74) is 6.11. The van der Waals surface area contributed by atoms with E-state index in [1.165, 1.54) is 6.26 Å². The molecule has 2 N–H and O–H groups in total. The van der Waals surface area contributed by atoms with Crippen LogP contribution in [0.3, 0.4) is 0 Å². The summed E-state index contributed by atoms with van der Waals surface area (Å²) in [6, 6.07) is 12.6. The summed E-state index contributed by atoms with van der Waals surface area (Å²) in [6.07, 6.45) is 1.46. The molecule has 0 aliphatic carbocycles. The fraction of sp³-hybridized carbons (Fsp3) is 0. The van der Waals surface area contributed by atoms with E-state index < -0.39 is 0 Å². The molecule has 2 rings (SSSR count). The predicted octanol–water partition coefficient (Wildman–Crippen LogP) is 2.04. The molecule has 1 amide bonds. The molecule has 0 bridgehead atoms. The normalized spacial score (nSPS) is 9.60. The van der Waals surface area contributed by atoms with E-state index >= 15 is 0 Å². The van der Waals surface area contributed by atoms with Crippen LogP contribution in [0.4, 0.5) is 5.69 Å². The molecule has 0 saturated heterocycles. The van der Waals surface area contributed by atoms with Gasteiger partial charge in [-0.15, -0.1) is 0 Å². The van der Waals surface area contributed by atoms with E-state index in [1.54, 1.807) is 12.1 Å². The average Bonchev–Trinajstić information content (AvgIpc) is 2.81. The van der Waals surface area contributed by atoms with E-state index in [0.717, 1.165) is 5.69 Å². The van der Waals surface area contributed by atoms with E-state index in [1.807, 2.05) is 30.3 Å². The van der Waals surface area contributed by atoms with Crippen LogP contribution >= 0.6 is 0 Å². The lowest BCUT2D eigenvalue weighted by molar-refractivity contribution is 0.0935. The number of rotatable bonds is 3. The van der Waals surface area contributed by atoms with Crippen molar-refractivity contribution >= 4 is 11.6 Å². The lowest BCUT2D eigenvalue weighted by Crippen LogP contribution is -2.28. The van der Waals surface area contributed by atoms with Crippen LogP contribution in [0.2, 0.25) is 0 Å². The second kappa shape index (κ2) is 4.32. The van der Waals surface area contributed by atoms with Crippen molar-refractivity contribution in [3.63, 3.8) is 0 Å². The van der Waals surface area contributed by atoms with E-state index in [2.05, 4.69) is 10.9 Å². The fourth-order valence-corrected chi connectivity index (χ4v) is 1.12. The van der Waals surface area contributed by atoms with Crippen molar-refractivity contribution in [3.05, 3.63) is 54.5 Å². The summed E-state index contributed by atoms with van der Waals surface area (Å²) >= 11 is 0. The molecule has 0 unspecified atom stereocenters. The third-order valence-electron chi connectivity index (χ3n) is 1.84. The molecule has 1 aromatic carbocycles. The Bertz CT molecular complexity index is 423. The Morgan fingerprint density at radius 1 is 1.07 bits per heavy atom. The zero-order valence-electron chi connectivity index (χ0n) is 7.94. The maximum atomic E-state index is 11.4. The Balaban J connectivity index is 1.92. The summed E-state index contributed by atoms with van der Waals surface area (Å²) in [4.78, 5) is 11.4. The molecule has 0 spiro atoms. The minimum Gasteiger partial charge on any atom is -0.459 e. The first-order valence-electron chi connectivity index (χ1n) is 4.51. The van der Waals surface area contributed by atoms with Crippen molar-refractivity contribution in [2.45, 2.75) is 0 Å². The number of para-hydroxylation sites is 1. The van der Waals surface area contributed by atoms with Gasteiger partial charge in [0.1, 0.15) is 0 Å². The molecular weight excluding hydrogens is 192 g/mol. The van der Waals surface area contributed by atoms with E-state index in [0.29, 0.717) is 0 Å². The van der Waals surface area contributed by atoms with Gasteiger partial charge in [-0.1, -0.05) is 18.2 Å². The number of furan rings is 1. The molecule has 0 radical (unpaired) electrons. The number of benzene rings is 1. The number of amides is 1. The van der Waals surface area contributed by atoms with Gasteiger partial charge in [0, 0.05) is 0 Å². The van der Waals surface area contributed by atoms with Gasteiger partial charge in [-0.3, -0.25) is 15.6 Å². The molecule has 76 valence electrons. The standard InChI is InChI=1S/C11H10N2O2/c14-11(10-7-4-8-15-10)13-12-9-5-2-1-3-6-9/h1-8,12H,(H,13,14). The SMILES string of the molecule is O=C(NNc1ccccc1)c1ccco1. The van der Waals surface area contributed by atoms with Crippen molar-refractivity contribution < 1.29 is 9.21 Å². The van der Waals surface area contributed by atoms with Gasteiger partial charge < -0.3 is 4.42 Å². The Morgan fingerprint density at radius 3 is 2.53 bits per heavy atom. The number of hydrogen-bond donors (Lipinski definition) is 2. The minimum atomic E-state index is -0.302. The quantitative estimate of drug-likeness (QED) is 0.749. The third-order valence-corrected chi connectivity index (χ3v) is 1.84. The van der Waals surface area contributed by atoms with Crippen molar-refractivity contribution in [2.75, 3.05) is 5.43 Å². The predicted molar refractivity (Wildman–Crippen MR) is 56.2 cm³/mol. The summed E-state index contributed by atoms with van der Waals surface area (Å²) in [7, 11) is 0. The zero-order valence-corrected chi connectivity index (χ0v) is 7.94. The second-order valence-electron chi connectivity index (χ2n) is 2.92.